The van der Waals surface area contributed by atoms with E-state index in [0.717, 1.165) is 5.75 Å². The zero-order chi connectivity index (χ0) is 15.9. The minimum absolute atomic E-state index is 0. The Hall–Kier alpha value is -1.26. The second kappa shape index (κ2) is 9.70. The Balaban J connectivity index is 0.00000441. The SMILES string of the molecule is C[C@@H](CN)NC(=O)CCCOc1ccc(C(C)(C)C)cc1.Cl. The van der Waals surface area contributed by atoms with Gasteiger partial charge in [-0.3, -0.25) is 4.79 Å². The first-order chi connectivity index (χ1) is 9.82. The van der Waals surface area contributed by atoms with Crippen LogP contribution < -0.4 is 15.8 Å². The predicted octanol–water partition coefficient (Wildman–Crippen LogP) is 3.03. The molecule has 0 heterocycles. The van der Waals surface area contributed by atoms with Crippen molar-refractivity contribution in [2.45, 2.75) is 52.0 Å². The molecule has 0 fully saturated rings. The Morgan fingerprint density at radius 3 is 2.36 bits per heavy atom. The maximum atomic E-state index is 11.6. The monoisotopic (exact) mass is 328 g/mol. The van der Waals surface area contributed by atoms with Crippen LogP contribution in [0.2, 0.25) is 0 Å². The highest BCUT2D eigenvalue weighted by molar-refractivity contribution is 5.85. The van der Waals surface area contributed by atoms with Gasteiger partial charge in [0.05, 0.1) is 6.61 Å². The molecule has 1 atom stereocenters. The van der Waals surface area contributed by atoms with E-state index in [4.69, 9.17) is 10.5 Å². The number of halogens is 1. The lowest BCUT2D eigenvalue weighted by atomic mass is 9.87. The van der Waals surface area contributed by atoms with Crippen molar-refractivity contribution in [1.82, 2.24) is 5.32 Å². The summed E-state index contributed by atoms with van der Waals surface area (Å²) < 4.78 is 5.65. The summed E-state index contributed by atoms with van der Waals surface area (Å²) >= 11 is 0. The number of hydrogen-bond donors (Lipinski definition) is 2. The van der Waals surface area contributed by atoms with Gasteiger partial charge >= 0.3 is 0 Å². The summed E-state index contributed by atoms with van der Waals surface area (Å²) in [6.07, 6.45) is 1.16. The molecule has 1 aromatic rings. The van der Waals surface area contributed by atoms with Crippen molar-refractivity contribution in [3.05, 3.63) is 29.8 Å². The molecule has 0 aliphatic rings. The Kier molecular flexibility index (Phi) is 9.14. The molecule has 1 aromatic carbocycles. The van der Waals surface area contributed by atoms with E-state index in [2.05, 4.69) is 38.2 Å². The Bertz CT molecular complexity index is 441. The summed E-state index contributed by atoms with van der Waals surface area (Å²) in [5.74, 6) is 0.873. The fourth-order valence-electron chi connectivity index (χ4n) is 1.88. The van der Waals surface area contributed by atoms with E-state index in [1.165, 1.54) is 5.56 Å². The number of ether oxygens (including phenoxy) is 1. The van der Waals surface area contributed by atoms with Gasteiger partial charge in [0.25, 0.3) is 0 Å². The first-order valence-corrected chi connectivity index (χ1v) is 7.55. The first-order valence-electron chi connectivity index (χ1n) is 7.55. The number of benzene rings is 1. The van der Waals surface area contributed by atoms with Crippen molar-refractivity contribution in [2.75, 3.05) is 13.2 Å². The molecular formula is C17H29ClN2O2. The topological polar surface area (TPSA) is 64.3 Å². The molecule has 0 aliphatic heterocycles. The third kappa shape index (κ3) is 7.66. The van der Waals surface area contributed by atoms with Gasteiger partial charge in [0.2, 0.25) is 5.91 Å². The smallest absolute Gasteiger partial charge is 0.220 e. The van der Waals surface area contributed by atoms with Crippen LogP contribution in [0.1, 0.15) is 46.1 Å². The third-order valence-corrected chi connectivity index (χ3v) is 3.30. The summed E-state index contributed by atoms with van der Waals surface area (Å²) in [5, 5.41) is 2.83. The fourth-order valence-corrected chi connectivity index (χ4v) is 1.88. The molecule has 0 unspecified atom stereocenters. The maximum absolute atomic E-state index is 11.6. The third-order valence-electron chi connectivity index (χ3n) is 3.30. The molecule has 1 rings (SSSR count). The Labute approximate surface area is 140 Å². The quantitative estimate of drug-likeness (QED) is 0.756. The lowest BCUT2D eigenvalue weighted by molar-refractivity contribution is -0.121. The van der Waals surface area contributed by atoms with Crippen LogP contribution in [0.4, 0.5) is 0 Å². The molecule has 0 saturated heterocycles. The molecule has 3 N–H and O–H groups in total. The van der Waals surface area contributed by atoms with E-state index in [1.54, 1.807) is 0 Å². The van der Waals surface area contributed by atoms with Crippen LogP contribution in [0.25, 0.3) is 0 Å². The minimum atomic E-state index is 0. The number of carbonyl (C=O) groups is 1. The van der Waals surface area contributed by atoms with E-state index in [-0.39, 0.29) is 29.8 Å². The minimum Gasteiger partial charge on any atom is -0.494 e. The van der Waals surface area contributed by atoms with Crippen molar-refractivity contribution < 1.29 is 9.53 Å². The molecule has 5 heteroatoms. The summed E-state index contributed by atoms with van der Waals surface area (Å²) in [5.41, 5.74) is 6.89. The van der Waals surface area contributed by atoms with Crippen LogP contribution in [0.15, 0.2) is 24.3 Å². The number of nitrogens with one attached hydrogen (secondary N) is 1. The number of amides is 1. The van der Waals surface area contributed by atoms with Gasteiger partial charge in [-0.1, -0.05) is 32.9 Å². The standard InChI is InChI=1S/C17H28N2O2.ClH/c1-13(12-18)19-16(20)6-5-11-21-15-9-7-14(8-10-15)17(2,3)4;/h7-10,13H,5-6,11-12,18H2,1-4H3,(H,19,20);1H/t13-;/m0./s1. The average molecular weight is 329 g/mol. The molecule has 22 heavy (non-hydrogen) atoms. The van der Waals surface area contributed by atoms with Crippen LogP contribution in [0.3, 0.4) is 0 Å². The van der Waals surface area contributed by atoms with Crippen LogP contribution in [-0.2, 0) is 10.2 Å². The highest BCUT2D eigenvalue weighted by Gasteiger charge is 2.13. The molecular weight excluding hydrogens is 300 g/mol. The molecule has 0 saturated carbocycles. The number of carbonyl (C=O) groups excluding carboxylic acids is 1. The van der Waals surface area contributed by atoms with E-state index >= 15 is 0 Å². The van der Waals surface area contributed by atoms with Gasteiger partial charge in [-0.2, -0.15) is 0 Å². The normalized spacial score (nSPS) is 12.2. The summed E-state index contributed by atoms with van der Waals surface area (Å²) in [6.45, 7) is 9.45. The molecule has 0 bridgehead atoms. The van der Waals surface area contributed by atoms with E-state index in [1.807, 2.05) is 19.1 Å². The van der Waals surface area contributed by atoms with Gasteiger partial charge in [-0.25, -0.2) is 0 Å². The van der Waals surface area contributed by atoms with Gasteiger partial charge in [0.1, 0.15) is 5.75 Å². The van der Waals surface area contributed by atoms with Crippen molar-refractivity contribution in [1.29, 1.82) is 0 Å². The number of rotatable bonds is 7. The lowest BCUT2D eigenvalue weighted by Crippen LogP contribution is -2.37. The number of hydrogen-bond acceptors (Lipinski definition) is 3. The molecule has 126 valence electrons. The van der Waals surface area contributed by atoms with Gasteiger partial charge in [0, 0.05) is 19.0 Å². The summed E-state index contributed by atoms with van der Waals surface area (Å²) in [7, 11) is 0. The molecule has 0 radical (unpaired) electrons. The summed E-state index contributed by atoms with van der Waals surface area (Å²) in [4.78, 5) is 11.6. The molecule has 0 aliphatic carbocycles. The van der Waals surface area contributed by atoms with Crippen molar-refractivity contribution in [2.24, 2.45) is 5.73 Å². The van der Waals surface area contributed by atoms with Crippen molar-refractivity contribution in [3.8, 4) is 5.75 Å². The van der Waals surface area contributed by atoms with E-state index < -0.39 is 0 Å². The summed E-state index contributed by atoms with van der Waals surface area (Å²) in [6, 6.07) is 8.17. The highest BCUT2D eigenvalue weighted by Crippen LogP contribution is 2.24. The Morgan fingerprint density at radius 1 is 1.27 bits per heavy atom. The van der Waals surface area contributed by atoms with E-state index in [0.29, 0.717) is 26.0 Å². The molecule has 0 aromatic heterocycles. The van der Waals surface area contributed by atoms with Crippen molar-refractivity contribution in [3.63, 3.8) is 0 Å². The van der Waals surface area contributed by atoms with Crippen LogP contribution >= 0.6 is 12.4 Å². The number of nitrogens with two attached hydrogens (primary N) is 1. The van der Waals surface area contributed by atoms with Gasteiger partial charge in [-0.15, -0.1) is 12.4 Å². The van der Waals surface area contributed by atoms with Crippen LogP contribution in [0.5, 0.6) is 5.75 Å². The van der Waals surface area contributed by atoms with E-state index in [9.17, 15) is 4.79 Å². The van der Waals surface area contributed by atoms with Crippen LogP contribution in [-0.4, -0.2) is 25.1 Å². The highest BCUT2D eigenvalue weighted by atomic mass is 35.5. The zero-order valence-corrected chi connectivity index (χ0v) is 14.8. The maximum Gasteiger partial charge on any atom is 0.220 e. The average Bonchev–Trinajstić information content (AvgIpc) is 2.43. The van der Waals surface area contributed by atoms with Crippen LogP contribution in [0, 0.1) is 0 Å². The molecule has 4 nitrogen and oxygen atoms in total. The van der Waals surface area contributed by atoms with Crippen molar-refractivity contribution >= 4 is 18.3 Å². The largest absolute Gasteiger partial charge is 0.494 e. The second-order valence-electron chi connectivity index (χ2n) is 6.43. The molecule has 1 amide bonds. The first kappa shape index (κ1) is 20.7. The fraction of sp³-hybridized carbons (Fsp3) is 0.588. The zero-order valence-electron chi connectivity index (χ0n) is 14.0. The second-order valence-corrected chi connectivity index (χ2v) is 6.43. The van der Waals surface area contributed by atoms with Gasteiger partial charge in [0.15, 0.2) is 0 Å². The Morgan fingerprint density at radius 2 is 1.86 bits per heavy atom. The molecule has 0 spiro atoms. The van der Waals surface area contributed by atoms with Gasteiger partial charge in [-0.05, 0) is 36.5 Å². The predicted molar refractivity (Wildman–Crippen MR) is 93.8 cm³/mol. The lowest BCUT2D eigenvalue weighted by Gasteiger charge is -2.19. The van der Waals surface area contributed by atoms with Gasteiger partial charge < -0.3 is 15.8 Å².